The summed E-state index contributed by atoms with van der Waals surface area (Å²) in [7, 11) is 2.20. The van der Waals surface area contributed by atoms with Gasteiger partial charge in [-0.25, -0.2) is 0 Å². The Morgan fingerprint density at radius 3 is 3.06 bits per heavy atom. The minimum absolute atomic E-state index is 0.0121. The number of rotatable bonds is 0. The average Bonchev–Trinajstić information content (AvgIpc) is 2.30. The fourth-order valence-electron chi connectivity index (χ4n) is 3.15. The summed E-state index contributed by atoms with van der Waals surface area (Å²) in [5, 5.41) is 0. The van der Waals surface area contributed by atoms with E-state index in [2.05, 4.69) is 36.2 Å². The topological polar surface area (TPSA) is 12.5 Å². The molecule has 2 aliphatic rings. The number of benzene rings is 1. The van der Waals surface area contributed by atoms with Crippen LogP contribution in [0.25, 0.3) is 0 Å². The fraction of sp³-hybridized carbons (Fsp3) is 0.571. The Labute approximate surface area is 97.2 Å². The van der Waals surface area contributed by atoms with Crippen molar-refractivity contribution in [1.82, 2.24) is 4.90 Å². The molecule has 3 rings (SSSR count). The van der Waals surface area contributed by atoms with E-state index < -0.39 is 0 Å². The Bertz CT molecular complexity index is 390. The van der Waals surface area contributed by atoms with Crippen molar-refractivity contribution in [1.29, 1.82) is 0 Å². The molecule has 1 unspecified atom stereocenters. The van der Waals surface area contributed by atoms with E-state index in [1.165, 1.54) is 30.4 Å². The molecule has 1 aliphatic heterocycles. The molecule has 1 heterocycles. The van der Waals surface area contributed by atoms with Crippen LogP contribution in [-0.2, 0) is 16.8 Å². The van der Waals surface area contributed by atoms with E-state index in [0.29, 0.717) is 0 Å². The quantitative estimate of drug-likeness (QED) is 0.660. The number of ether oxygens (including phenoxy) is 1. The van der Waals surface area contributed by atoms with Crippen LogP contribution in [0.15, 0.2) is 24.3 Å². The second kappa shape index (κ2) is 3.86. The largest absolute Gasteiger partial charge is 0.368 e. The lowest BCUT2D eigenvalue weighted by molar-refractivity contribution is -0.118. The van der Waals surface area contributed by atoms with Crippen LogP contribution >= 0.6 is 0 Å². The van der Waals surface area contributed by atoms with Crippen molar-refractivity contribution in [3.05, 3.63) is 35.4 Å². The summed E-state index contributed by atoms with van der Waals surface area (Å²) >= 11 is 0. The number of likely N-dealkylation sites (N-methyl/N-ethyl adjacent to an activating group) is 1. The molecule has 2 nitrogen and oxygen atoms in total. The predicted octanol–water partition coefficient (Wildman–Crippen LogP) is 2.18. The first-order chi connectivity index (χ1) is 7.80. The molecule has 1 atom stereocenters. The van der Waals surface area contributed by atoms with Crippen molar-refractivity contribution in [2.75, 3.05) is 26.7 Å². The Kier molecular flexibility index (Phi) is 2.49. The first-order valence-electron chi connectivity index (χ1n) is 6.21. The normalized spacial score (nSPS) is 30.3. The maximum Gasteiger partial charge on any atom is 0.106 e. The van der Waals surface area contributed by atoms with Gasteiger partial charge in [0.15, 0.2) is 0 Å². The number of aryl methyl sites for hydroxylation is 1. The highest BCUT2D eigenvalue weighted by Gasteiger charge is 2.40. The van der Waals surface area contributed by atoms with E-state index in [1.54, 1.807) is 0 Å². The van der Waals surface area contributed by atoms with E-state index in [1.807, 2.05) is 0 Å². The van der Waals surface area contributed by atoms with Crippen molar-refractivity contribution >= 4 is 0 Å². The summed E-state index contributed by atoms with van der Waals surface area (Å²) in [4.78, 5) is 2.39. The zero-order chi connectivity index (χ0) is 11.0. The summed E-state index contributed by atoms with van der Waals surface area (Å²) in [5.41, 5.74) is 2.92. The molecular weight excluding hydrogens is 198 g/mol. The van der Waals surface area contributed by atoms with Crippen molar-refractivity contribution in [3.63, 3.8) is 0 Å². The summed E-state index contributed by atoms with van der Waals surface area (Å²) in [6.45, 7) is 2.97. The number of fused-ring (bicyclic) bond motifs is 2. The predicted molar refractivity (Wildman–Crippen MR) is 64.5 cm³/mol. The Morgan fingerprint density at radius 2 is 2.19 bits per heavy atom. The summed E-state index contributed by atoms with van der Waals surface area (Å²) in [5.74, 6) is 0. The highest BCUT2D eigenvalue weighted by atomic mass is 16.5. The zero-order valence-corrected chi connectivity index (χ0v) is 9.91. The van der Waals surface area contributed by atoms with Gasteiger partial charge in [-0.3, -0.25) is 0 Å². The highest BCUT2D eigenvalue weighted by molar-refractivity contribution is 5.35. The molecule has 0 saturated carbocycles. The Hall–Kier alpha value is -0.860. The Balaban J connectivity index is 2.02. The maximum absolute atomic E-state index is 6.16. The summed E-state index contributed by atoms with van der Waals surface area (Å²) in [6, 6.07) is 8.80. The van der Waals surface area contributed by atoms with Crippen LogP contribution in [0, 0.1) is 0 Å². The second-order valence-electron chi connectivity index (χ2n) is 5.09. The fourth-order valence-corrected chi connectivity index (χ4v) is 3.15. The lowest BCUT2D eigenvalue weighted by Gasteiger charge is -2.45. The van der Waals surface area contributed by atoms with Gasteiger partial charge in [0.05, 0.1) is 6.61 Å². The molecule has 1 aromatic carbocycles. The third kappa shape index (κ3) is 1.57. The van der Waals surface area contributed by atoms with Gasteiger partial charge in [0.1, 0.15) is 5.60 Å². The summed E-state index contributed by atoms with van der Waals surface area (Å²) in [6.07, 6.45) is 3.64. The molecule has 1 saturated heterocycles. The first kappa shape index (κ1) is 10.3. The molecule has 0 radical (unpaired) electrons. The second-order valence-corrected chi connectivity index (χ2v) is 5.09. The van der Waals surface area contributed by atoms with Crippen molar-refractivity contribution in [2.24, 2.45) is 0 Å². The van der Waals surface area contributed by atoms with Gasteiger partial charge in [-0.15, -0.1) is 0 Å². The molecule has 0 amide bonds. The molecule has 0 bridgehead atoms. The van der Waals surface area contributed by atoms with Gasteiger partial charge in [-0.05, 0) is 37.4 Å². The van der Waals surface area contributed by atoms with Crippen LogP contribution in [0.1, 0.15) is 24.0 Å². The first-order valence-corrected chi connectivity index (χ1v) is 6.21. The SMILES string of the molecule is CN1CCOC2(CCCc3ccccc32)C1. The third-order valence-electron chi connectivity index (χ3n) is 3.91. The number of morpholine rings is 1. The standard InChI is InChI=1S/C14H19NO/c1-15-9-10-16-14(11-15)8-4-6-12-5-2-3-7-13(12)14/h2-3,5,7H,4,6,8-11H2,1H3. The van der Waals surface area contributed by atoms with Crippen LogP contribution in [0.2, 0.25) is 0 Å². The lowest BCUT2D eigenvalue weighted by Crippen LogP contribution is -2.49. The average molecular weight is 217 g/mol. The van der Waals surface area contributed by atoms with Gasteiger partial charge >= 0.3 is 0 Å². The molecule has 1 fully saturated rings. The van der Waals surface area contributed by atoms with Crippen molar-refractivity contribution < 1.29 is 4.74 Å². The molecule has 16 heavy (non-hydrogen) atoms. The molecule has 86 valence electrons. The van der Waals surface area contributed by atoms with E-state index >= 15 is 0 Å². The minimum Gasteiger partial charge on any atom is -0.368 e. The summed E-state index contributed by atoms with van der Waals surface area (Å²) < 4.78 is 6.16. The monoisotopic (exact) mass is 217 g/mol. The highest BCUT2D eigenvalue weighted by Crippen LogP contribution is 2.40. The number of hydrogen-bond acceptors (Lipinski definition) is 2. The van der Waals surface area contributed by atoms with Gasteiger partial charge in [-0.1, -0.05) is 24.3 Å². The van der Waals surface area contributed by atoms with Gasteiger partial charge in [0.2, 0.25) is 0 Å². The lowest BCUT2D eigenvalue weighted by atomic mass is 9.78. The molecule has 1 aliphatic carbocycles. The molecule has 0 N–H and O–H groups in total. The van der Waals surface area contributed by atoms with Crippen LogP contribution in [0.4, 0.5) is 0 Å². The van der Waals surface area contributed by atoms with E-state index in [0.717, 1.165) is 19.7 Å². The smallest absolute Gasteiger partial charge is 0.106 e. The van der Waals surface area contributed by atoms with Crippen molar-refractivity contribution in [3.8, 4) is 0 Å². The van der Waals surface area contributed by atoms with Crippen LogP contribution < -0.4 is 0 Å². The van der Waals surface area contributed by atoms with Crippen LogP contribution in [0.3, 0.4) is 0 Å². The molecule has 1 spiro atoms. The minimum atomic E-state index is -0.0121. The molecule has 2 heteroatoms. The van der Waals surface area contributed by atoms with Gasteiger partial charge in [-0.2, -0.15) is 0 Å². The van der Waals surface area contributed by atoms with Gasteiger partial charge < -0.3 is 9.64 Å². The van der Waals surface area contributed by atoms with Crippen LogP contribution in [-0.4, -0.2) is 31.6 Å². The van der Waals surface area contributed by atoms with Gasteiger partial charge in [0, 0.05) is 13.1 Å². The van der Waals surface area contributed by atoms with E-state index in [4.69, 9.17) is 4.74 Å². The maximum atomic E-state index is 6.16. The Morgan fingerprint density at radius 1 is 1.31 bits per heavy atom. The zero-order valence-electron chi connectivity index (χ0n) is 9.91. The van der Waals surface area contributed by atoms with Crippen LogP contribution in [0.5, 0.6) is 0 Å². The van der Waals surface area contributed by atoms with Gasteiger partial charge in [0.25, 0.3) is 0 Å². The van der Waals surface area contributed by atoms with E-state index in [-0.39, 0.29) is 5.60 Å². The number of hydrogen-bond donors (Lipinski definition) is 0. The third-order valence-corrected chi connectivity index (χ3v) is 3.91. The molecule has 1 aromatic rings. The number of nitrogens with zero attached hydrogens (tertiary/aromatic N) is 1. The molecule has 0 aromatic heterocycles. The van der Waals surface area contributed by atoms with Crippen molar-refractivity contribution in [2.45, 2.75) is 24.9 Å². The van der Waals surface area contributed by atoms with E-state index in [9.17, 15) is 0 Å². The molecular formula is C14H19NO.